The summed E-state index contributed by atoms with van der Waals surface area (Å²) < 4.78 is 64.0. The van der Waals surface area contributed by atoms with E-state index in [-0.39, 0.29) is 23.4 Å². The minimum atomic E-state index is -4.52. The lowest BCUT2D eigenvalue weighted by Gasteiger charge is -2.13. The van der Waals surface area contributed by atoms with Gasteiger partial charge in [-0.05, 0) is 55.0 Å². The number of carboxylic acid groups (broad SMARTS) is 2. The van der Waals surface area contributed by atoms with Crippen molar-refractivity contribution in [2.75, 3.05) is 5.01 Å². The van der Waals surface area contributed by atoms with Crippen molar-refractivity contribution in [3.63, 3.8) is 0 Å². The molecule has 2 aromatic carbocycles. The number of anilines is 1. The Morgan fingerprint density at radius 2 is 1.37 bits per heavy atom. The first-order valence-corrected chi connectivity index (χ1v) is 14.0. The van der Waals surface area contributed by atoms with Crippen LogP contribution >= 0.6 is 0 Å². The molecule has 0 saturated carbocycles. The van der Waals surface area contributed by atoms with Crippen LogP contribution in [0.2, 0.25) is 0 Å². The van der Waals surface area contributed by atoms with Gasteiger partial charge in [0.15, 0.2) is 11.4 Å². The van der Waals surface area contributed by atoms with Gasteiger partial charge in [-0.25, -0.2) is 14.3 Å². The molecular formula is C23H18N4O12S2. The molecule has 5 N–H and O–H groups in total. The predicted octanol–water partition coefficient (Wildman–Crippen LogP) is 0.864. The summed E-state index contributed by atoms with van der Waals surface area (Å²) in [7, 11) is -9.03. The fraction of sp³-hybridized carbons (Fsp3) is 0.0870. The van der Waals surface area contributed by atoms with Crippen molar-refractivity contribution in [1.29, 1.82) is 0 Å². The highest BCUT2D eigenvalue weighted by atomic mass is 32.2. The summed E-state index contributed by atoms with van der Waals surface area (Å²) in [5.41, 5.74) is -2.32. The topological polar surface area (TPSA) is 254 Å². The molecular weight excluding hydrogens is 588 g/mol. The fourth-order valence-electron chi connectivity index (χ4n) is 3.88. The van der Waals surface area contributed by atoms with Gasteiger partial charge in [0.05, 0.1) is 32.6 Å². The smallest absolute Gasteiger partial charge is 0.354 e. The molecule has 16 nitrogen and oxygen atoms in total. The van der Waals surface area contributed by atoms with Gasteiger partial charge in [-0.15, -0.1) is 0 Å². The van der Waals surface area contributed by atoms with Crippen LogP contribution in [0.4, 0.5) is 5.69 Å². The number of hydrogen-bond acceptors (Lipinski definition) is 9. The quantitative estimate of drug-likeness (QED) is 0.213. The molecule has 1 atom stereocenters. The van der Waals surface area contributed by atoms with Crippen molar-refractivity contribution in [3.8, 4) is 5.69 Å². The second-order valence-electron chi connectivity index (χ2n) is 8.42. The molecule has 2 heterocycles. The number of aromatic amines is 1. The normalized spacial score (nSPS) is 15.9. The van der Waals surface area contributed by atoms with E-state index in [4.69, 9.17) is 9.11 Å². The molecule has 0 saturated heterocycles. The third-order valence-corrected chi connectivity index (χ3v) is 7.57. The van der Waals surface area contributed by atoms with E-state index in [1.165, 1.54) is 6.08 Å². The first-order chi connectivity index (χ1) is 19.1. The van der Waals surface area contributed by atoms with Crippen LogP contribution in [0.5, 0.6) is 0 Å². The molecule has 41 heavy (non-hydrogen) atoms. The summed E-state index contributed by atoms with van der Waals surface area (Å²) in [6.45, 7) is 0. The van der Waals surface area contributed by atoms with Crippen molar-refractivity contribution in [3.05, 3.63) is 76.2 Å². The highest BCUT2D eigenvalue weighted by Crippen LogP contribution is 2.27. The zero-order valence-electron chi connectivity index (χ0n) is 20.3. The van der Waals surface area contributed by atoms with Gasteiger partial charge in [0.25, 0.3) is 31.7 Å². The van der Waals surface area contributed by atoms with E-state index in [0.717, 1.165) is 64.3 Å². The molecule has 0 fully saturated rings. The van der Waals surface area contributed by atoms with E-state index in [0.29, 0.717) is 0 Å². The predicted molar refractivity (Wildman–Crippen MR) is 139 cm³/mol. The molecule has 0 unspecified atom stereocenters. The first-order valence-electron chi connectivity index (χ1n) is 11.2. The van der Waals surface area contributed by atoms with Crippen molar-refractivity contribution < 1.29 is 50.5 Å². The van der Waals surface area contributed by atoms with E-state index in [2.05, 4.69) is 10.2 Å². The van der Waals surface area contributed by atoms with E-state index in [9.17, 15) is 46.2 Å². The van der Waals surface area contributed by atoms with Crippen LogP contribution < -0.4 is 10.6 Å². The number of hydrazone groups is 1. The molecule has 18 heteroatoms. The summed E-state index contributed by atoms with van der Waals surface area (Å²) in [4.78, 5) is 48.6. The van der Waals surface area contributed by atoms with E-state index in [1.54, 1.807) is 0 Å². The van der Waals surface area contributed by atoms with Gasteiger partial charge in [0.2, 0.25) is 0 Å². The van der Waals surface area contributed by atoms with E-state index < -0.39 is 70.8 Å². The van der Waals surface area contributed by atoms with Crippen molar-refractivity contribution >= 4 is 55.6 Å². The molecule has 0 spiro atoms. The van der Waals surface area contributed by atoms with Gasteiger partial charge in [-0.3, -0.25) is 23.8 Å². The Morgan fingerprint density at radius 3 is 1.83 bits per heavy atom. The molecule has 1 aliphatic heterocycles. The molecule has 0 radical (unpaired) electrons. The molecule has 214 valence electrons. The summed E-state index contributed by atoms with van der Waals surface area (Å²) in [6.07, 6.45) is 1.95. The monoisotopic (exact) mass is 606 g/mol. The van der Waals surface area contributed by atoms with Crippen LogP contribution in [0.1, 0.15) is 22.5 Å². The van der Waals surface area contributed by atoms with E-state index >= 15 is 0 Å². The van der Waals surface area contributed by atoms with Crippen LogP contribution in [-0.2, 0) is 29.8 Å². The standard InChI is InChI=1S/C23H18N4O12S2/c28-20-16(18(22(30)31)24-26(20)12-4-8-14(9-5-12)40(34,35)36)2-1-3-17-19(23(32)33)25-27(21(17)29)13-6-10-15(11-7-13)41(37,38)39/h1-2,4-11,17,24H,3H2,(H,30,31)(H,32,33)(H,34,35,36)(H,37,38,39)/t17-/m1/s1. The highest BCUT2D eigenvalue weighted by Gasteiger charge is 2.39. The molecule has 1 aromatic heterocycles. The van der Waals surface area contributed by atoms with Crippen LogP contribution in [0, 0.1) is 5.92 Å². The Labute approximate surface area is 229 Å². The number of aromatic carboxylic acids is 1. The van der Waals surface area contributed by atoms with Crippen LogP contribution in [-0.4, -0.2) is 69.5 Å². The van der Waals surface area contributed by atoms with Gasteiger partial charge in [-0.2, -0.15) is 26.9 Å². The number of H-pyrrole nitrogens is 1. The average Bonchev–Trinajstić information content (AvgIpc) is 3.40. The molecule has 4 rings (SSSR count). The number of nitrogens with zero attached hydrogens (tertiary/aromatic N) is 3. The zero-order chi connectivity index (χ0) is 30.3. The van der Waals surface area contributed by atoms with Crippen molar-refractivity contribution in [2.45, 2.75) is 16.2 Å². The molecule has 3 aromatic rings. The third-order valence-electron chi connectivity index (χ3n) is 5.83. The van der Waals surface area contributed by atoms with Gasteiger partial charge in [-0.1, -0.05) is 12.2 Å². The summed E-state index contributed by atoms with van der Waals surface area (Å²) in [5, 5.41) is 26.0. The lowest BCUT2D eigenvalue weighted by molar-refractivity contribution is -0.130. The zero-order valence-corrected chi connectivity index (χ0v) is 21.9. The second-order valence-corrected chi connectivity index (χ2v) is 11.3. The van der Waals surface area contributed by atoms with Crippen molar-refractivity contribution in [2.24, 2.45) is 11.0 Å². The van der Waals surface area contributed by atoms with Gasteiger partial charge in [0.1, 0.15) is 0 Å². The van der Waals surface area contributed by atoms with E-state index in [1.807, 2.05) is 0 Å². The Bertz CT molecular complexity index is 1900. The van der Waals surface area contributed by atoms with Crippen LogP contribution in [0.15, 0.2) is 74.3 Å². The number of aliphatic carboxylic acids is 1. The number of carboxylic acids is 2. The third kappa shape index (κ3) is 5.84. The van der Waals surface area contributed by atoms with Crippen LogP contribution in [0.3, 0.4) is 0 Å². The second kappa shape index (κ2) is 10.6. The molecule has 0 bridgehead atoms. The largest absolute Gasteiger partial charge is 0.477 e. The number of aromatic nitrogens is 2. The van der Waals surface area contributed by atoms with Gasteiger partial charge in [0, 0.05) is 0 Å². The number of hydrogen-bond donors (Lipinski definition) is 5. The maximum atomic E-state index is 13.0. The first kappa shape index (κ1) is 29.1. The Morgan fingerprint density at radius 1 is 0.854 bits per heavy atom. The lowest BCUT2D eigenvalue weighted by atomic mass is 9.98. The highest BCUT2D eigenvalue weighted by molar-refractivity contribution is 7.86. The van der Waals surface area contributed by atoms with Crippen molar-refractivity contribution in [1.82, 2.24) is 9.78 Å². The Balaban J connectivity index is 1.62. The summed E-state index contributed by atoms with van der Waals surface area (Å²) in [6, 6.07) is 8.51. The number of amides is 1. The number of allylic oxidation sites excluding steroid dienone is 1. The number of benzene rings is 2. The average molecular weight is 607 g/mol. The molecule has 0 aliphatic carbocycles. The number of nitrogens with one attached hydrogen (secondary N) is 1. The van der Waals surface area contributed by atoms with Gasteiger partial charge < -0.3 is 10.2 Å². The van der Waals surface area contributed by atoms with Gasteiger partial charge >= 0.3 is 11.9 Å². The maximum Gasteiger partial charge on any atom is 0.354 e. The molecule has 1 aliphatic rings. The number of carbonyl (C=O) groups excluding carboxylic acids is 1. The minimum absolute atomic E-state index is 0.00864. The number of rotatable bonds is 9. The fourth-order valence-corrected chi connectivity index (χ4v) is 4.84. The molecule has 1 amide bonds. The minimum Gasteiger partial charge on any atom is -0.477 e. The SMILES string of the molecule is O=C(O)C1=NN(c2ccc(S(=O)(=O)O)cc2)C(=O)[C@@H]1CC=Cc1c(C(=O)O)[nH]n(-c2ccc(S(=O)(=O)O)cc2)c1=O. The Kier molecular flexibility index (Phi) is 7.50. The number of carbonyl (C=O) groups is 3. The van der Waals surface area contributed by atoms with Crippen LogP contribution in [0.25, 0.3) is 11.8 Å². The lowest BCUT2D eigenvalue weighted by Crippen LogP contribution is -2.29. The Hall–Kier alpha value is -4.91. The summed E-state index contributed by atoms with van der Waals surface area (Å²) in [5.74, 6) is -5.22. The summed E-state index contributed by atoms with van der Waals surface area (Å²) >= 11 is 0. The maximum absolute atomic E-state index is 13.0.